The van der Waals surface area contributed by atoms with Gasteiger partial charge in [-0.1, -0.05) is 28.0 Å². The molecule has 0 aromatic heterocycles. The third kappa shape index (κ3) is 4.08. The van der Waals surface area contributed by atoms with E-state index in [1.54, 1.807) is 14.1 Å². The van der Waals surface area contributed by atoms with Crippen molar-refractivity contribution < 1.29 is 25.8 Å². The normalized spacial score (nSPS) is 11.3. The van der Waals surface area contributed by atoms with Crippen molar-refractivity contribution in [3.63, 3.8) is 0 Å². The summed E-state index contributed by atoms with van der Waals surface area (Å²) in [5, 5.41) is 1.03. The Balaban J connectivity index is 0.00000225. The van der Waals surface area contributed by atoms with Gasteiger partial charge in [0.25, 0.3) is 10.0 Å². The Hall–Kier alpha value is -0.0400. The van der Waals surface area contributed by atoms with Crippen LogP contribution in [0.1, 0.15) is 0 Å². The van der Waals surface area contributed by atoms with Crippen LogP contribution in [0.5, 0.6) is 0 Å². The molecule has 2 N–H and O–H groups in total. The van der Waals surface area contributed by atoms with Crippen molar-refractivity contribution in [1.82, 2.24) is 4.83 Å². The lowest BCUT2D eigenvalue weighted by atomic mass is 10.4. The van der Waals surface area contributed by atoms with Crippen molar-refractivity contribution in [3.8, 4) is 0 Å². The van der Waals surface area contributed by atoms with Crippen molar-refractivity contribution in [2.24, 2.45) is 0 Å². The molecule has 0 radical (unpaired) electrons. The van der Waals surface area contributed by atoms with Gasteiger partial charge in [-0.15, -0.1) is 0 Å². The summed E-state index contributed by atoms with van der Waals surface area (Å²) in [5.74, 6) is 0. The van der Waals surface area contributed by atoms with E-state index in [-0.39, 0.29) is 22.3 Å². The van der Waals surface area contributed by atoms with Crippen LogP contribution >= 0.6 is 23.2 Å². The van der Waals surface area contributed by atoms with E-state index < -0.39 is 10.0 Å². The molecular formula is C8H11Cl3N2O2S. The summed E-state index contributed by atoms with van der Waals surface area (Å²) in [6, 6.07) is 4.30. The first kappa shape index (κ1) is 16.0. The minimum Gasteiger partial charge on any atom is -1.00 e. The number of nitrogens with one attached hydrogen (secondary N) is 2. The maximum absolute atomic E-state index is 11.7. The Morgan fingerprint density at radius 3 is 2.31 bits per heavy atom. The van der Waals surface area contributed by atoms with E-state index in [1.165, 1.54) is 18.2 Å². The summed E-state index contributed by atoms with van der Waals surface area (Å²) in [6.07, 6.45) is 0. The Morgan fingerprint density at radius 2 is 1.81 bits per heavy atom. The van der Waals surface area contributed by atoms with Crippen LogP contribution in [0.4, 0.5) is 0 Å². The zero-order chi connectivity index (χ0) is 11.6. The van der Waals surface area contributed by atoms with Crippen LogP contribution in [-0.4, -0.2) is 22.5 Å². The molecule has 0 aliphatic carbocycles. The number of halogens is 3. The fraction of sp³-hybridized carbons (Fsp3) is 0.250. The van der Waals surface area contributed by atoms with E-state index in [4.69, 9.17) is 23.2 Å². The molecule has 1 rings (SSSR count). The fourth-order valence-corrected chi connectivity index (χ4v) is 2.92. The summed E-state index contributed by atoms with van der Waals surface area (Å²) < 4.78 is 23.5. The highest BCUT2D eigenvalue weighted by atomic mass is 35.5. The summed E-state index contributed by atoms with van der Waals surface area (Å²) in [6.45, 7) is 0. The Kier molecular flexibility index (Phi) is 6.03. The highest BCUT2D eigenvalue weighted by Crippen LogP contribution is 2.24. The first-order chi connectivity index (χ1) is 6.83. The second-order valence-corrected chi connectivity index (χ2v) is 5.67. The molecule has 0 unspecified atom stereocenters. The zero-order valence-electron chi connectivity index (χ0n) is 8.59. The van der Waals surface area contributed by atoms with Gasteiger partial charge in [-0.05, 0) is 18.2 Å². The van der Waals surface area contributed by atoms with Gasteiger partial charge < -0.3 is 12.4 Å². The maximum Gasteiger partial charge on any atom is 0.283 e. The number of rotatable bonds is 3. The SMILES string of the molecule is C[NH+](C)NS(=O)(=O)c1cc(Cl)ccc1Cl.[Cl-]. The monoisotopic (exact) mass is 304 g/mol. The molecule has 1 aromatic carbocycles. The van der Waals surface area contributed by atoms with Crippen LogP contribution < -0.4 is 22.2 Å². The molecule has 0 aliphatic heterocycles. The summed E-state index contributed by atoms with van der Waals surface area (Å²) in [7, 11) is -0.319. The molecule has 0 bridgehead atoms. The molecule has 0 saturated carbocycles. The molecule has 0 fully saturated rings. The first-order valence-corrected chi connectivity index (χ1v) is 6.35. The molecule has 0 aliphatic rings. The van der Waals surface area contributed by atoms with Crippen LogP contribution in [0.15, 0.2) is 23.1 Å². The fourth-order valence-electron chi connectivity index (χ4n) is 1.01. The second-order valence-electron chi connectivity index (χ2n) is 3.18. The van der Waals surface area contributed by atoms with Gasteiger partial charge in [0.15, 0.2) is 0 Å². The third-order valence-electron chi connectivity index (χ3n) is 1.52. The van der Waals surface area contributed by atoms with Crippen molar-refractivity contribution in [3.05, 3.63) is 28.2 Å². The largest absolute Gasteiger partial charge is 1.00 e. The number of benzene rings is 1. The molecule has 0 spiro atoms. The molecule has 4 nitrogen and oxygen atoms in total. The quantitative estimate of drug-likeness (QED) is 0.599. The van der Waals surface area contributed by atoms with Crippen LogP contribution in [0.2, 0.25) is 10.0 Å². The lowest BCUT2D eigenvalue weighted by Gasteiger charge is -2.10. The number of quaternary nitrogens is 1. The second kappa shape index (κ2) is 6.05. The van der Waals surface area contributed by atoms with Crippen molar-refractivity contribution in [2.45, 2.75) is 4.90 Å². The summed E-state index contributed by atoms with van der Waals surface area (Å²) in [5.41, 5.74) is 0. The van der Waals surface area contributed by atoms with E-state index in [9.17, 15) is 8.42 Å². The lowest BCUT2D eigenvalue weighted by molar-refractivity contribution is -0.890. The van der Waals surface area contributed by atoms with Gasteiger partial charge in [0.2, 0.25) is 0 Å². The van der Waals surface area contributed by atoms with E-state index in [0.29, 0.717) is 10.0 Å². The van der Waals surface area contributed by atoms with Crippen LogP contribution in [0.3, 0.4) is 0 Å². The lowest BCUT2D eigenvalue weighted by Crippen LogP contribution is -3.13. The Labute approximate surface area is 111 Å². The van der Waals surface area contributed by atoms with Gasteiger partial charge in [-0.3, -0.25) is 0 Å². The van der Waals surface area contributed by atoms with Crippen LogP contribution in [0, 0.1) is 0 Å². The van der Waals surface area contributed by atoms with E-state index >= 15 is 0 Å². The Bertz CT molecular complexity index is 462. The van der Waals surface area contributed by atoms with Gasteiger partial charge in [-0.2, -0.15) is 0 Å². The molecule has 0 atom stereocenters. The topological polar surface area (TPSA) is 50.6 Å². The summed E-state index contributed by atoms with van der Waals surface area (Å²) >= 11 is 11.5. The highest BCUT2D eigenvalue weighted by Gasteiger charge is 2.20. The molecule has 16 heavy (non-hydrogen) atoms. The van der Waals surface area contributed by atoms with E-state index in [1.807, 2.05) is 0 Å². The predicted molar refractivity (Wildman–Crippen MR) is 59.6 cm³/mol. The van der Waals surface area contributed by atoms with Gasteiger partial charge in [0, 0.05) is 5.02 Å². The minimum absolute atomic E-state index is 0. The van der Waals surface area contributed by atoms with Crippen LogP contribution in [-0.2, 0) is 10.0 Å². The summed E-state index contributed by atoms with van der Waals surface area (Å²) in [4.78, 5) is 2.33. The Morgan fingerprint density at radius 1 is 1.25 bits per heavy atom. The predicted octanol–water partition coefficient (Wildman–Crippen LogP) is -2.66. The number of sulfonamides is 1. The zero-order valence-corrected chi connectivity index (χ0v) is 11.7. The van der Waals surface area contributed by atoms with Gasteiger partial charge in [0.1, 0.15) is 4.90 Å². The first-order valence-electron chi connectivity index (χ1n) is 4.11. The van der Waals surface area contributed by atoms with Crippen LogP contribution in [0.25, 0.3) is 0 Å². The molecule has 0 heterocycles. The molecule has 92 valence electrons. The standard InChI is InChI=1S/C8H10Cl2N2O2S.ClH/c1-12(2)11-15(13,14)8-5-6(9)3-4-7(8)10;/h3-5,11H,1-2H3;1H. The highest BCUT2D eigenvalue weighted by molar-refractivity contribution is 7.89. The maximum atomic E-state index is 11.7. The van der Waals surface area contributed by atoms with Crippen molar-refractivity contribution >= 4 is 33.2 Å². The van der Waals surface area contributed by atoms with E-state index in [2.05, 4.69) is 4.83 Å². The van der Waals surface area contributed by atoms with Crippen molar-refractivity contribution in [2.75, 3.05) is 14.1 Å². The smallest absolute Gasteiger partial charge is 0.283 e. The average molecular weight is 306 g/mol. The van der Waals surface area contributed by atoms with Gasteiger partial charge >= 0.3 is 0 Å². The molecule has 8 heteroatoms. The minimum atomic E-state index is -3.62. The molecule has 0 amide bonds. The van der Waals surface area contributed by atoms with Gasteiger partial charge in [-0.25, -0.2) is 13.4 Å². The number of hydrogen-bond donors (Lipinski definition) is 2. The van der Waals surface area contributed by atoms with Crippen molar-refractivity contribution in [1.29, 1.82) is 0 Å². The van der Waals surface area contributed by atoms with E-state index in [0.717, 1.165) is 0 Å². The third-order valence-corrected chi connectivity index (χ3v) is 3.79. The average Bonchev–Trinajstić information content (AvgIpc) is 2.06. The molecule has 1 aromatic rings. The van der Waals surface area contributed by atoms with Gasteiger partial charge in [0.05, 0.1) is 19.1 Å². The molecular weight excluding hydrogens is 295 g/mol. The number of hydrogen-bond acceptors (Lipinski definition) is 2. The molecule has 0 saturated heterocycles.